The molecule has 0 saturated carbocycles. The van der Waals surface area contributed by atoms with E-state index in [1.807, 2.05) is 24.3 Å². The maximum absolute atomic E-state index is 13.3. The summed E-state index contributed by atoms with van der Waals surface area (Å²) in [6.07, 6.45) is 8.51. The van der Waals surface area contributed by atoms with Crippen molar-refractivity contribution in [2.45, 2.75) is 65.1 Å². The minimum Gasteiger partial charge on any atom is -0.350 e. The van der Waals surface area contributed by atoms with Crippen molar-refractivity contribution in [2.75, 3.05) is 25.5 Å². The Balaban J connectivity index is 1.38. The Morgan fingerprint density at radius 1 is 1.14 bits per heavy atom. The topological polar surface area (TPSA) is 107 Å². The number of ether oxygens (including phenoxy) is 2. The molecule has 36 heavy (non-hydrogen) atoms. The van der Waals surface area contributed by atoms with Crippen LogP contribution in [0.25, 0.3) is 6.08 Å². The van der Waals surface area contributed by atoms with Crippen molar-refractivity contribution in [3.8, 4) is 0 Å². The number of rotatable bonds is 10. The molecule has 11 heteroatoms. The Morgan fingerprint density at radius 2 is 1.89 bits per heavy atom. The second kappa shape index (κ2) is 12.1. The summed E-state index contributed by atoms with van der Waals surface area (Å²) in [5.74, 6) is -0.372. The third-order valence-electron chi connectivity index (χ3n) is 6.38. The van der Waals surface area contributed by atoms with Gasteiger partial charge in [-0.05, 0) is 24.5 Å². The van der Waals surface area contributed by atoms with E-state index < -0.39 is 16.1 Å². The van der Waals surface area contributed by atoms with Gasteiger partial charge in [0.1, 0.15) is 11.7 Å². The van der Waals surface area contributed by atoms with E-state index in [9.17, 15) is 13.2 Å². The van der Waals surface area contributed by atoms with Crippen LogP contribution < -0.4 is 0 Å². The third-order valence-corrected chi connectivity index (χ3v) is 8.24. The summed E-state index contributed by atoms with van der Waals surface area (Å²) in [5, 5.41) is 8.30. The molecule has 0 radical (unpaired) electrons. The van der Waals surface area contributed by atoms with Gasteiger partial charge in [0.25, 0.3) is 0 Å². The van der Waals surface area contributed by atoms with Gasteiger partial charge in [-0.15, -0.1) is 5.10 Å². The molecule has 1 aromatic heterocycles. The molecular formula is C25H35N5O5S. The van der Waals surface area contributed by atoms with Gasteiger partial charge < -0.3 is 14.4 Å². The molecule has 3 heterocycles. The largest absolute Gasteiger partial charge is 0.350 e. The molecule has 0 aliphatic carbocycles. The monoisotopic (exact) mass is 517 g/mol. The number of aryl methyl sites for hydroxylation is 1. The van der Waals surface area contributed by atoms with Crippen molar-refractivity contribution >= 4 is 22.0 Å². The molecule has 2 aromatic rings. The number of allylic oxidation sites excluding steroid dienone is 1. The predicted molar refractivity (Wildman–Crippen MR) is 135 cm³/mol. The van der Waals surface area contributed by atoms with Crippen LogP contribution in [0, 0.1) is 0 Å². The number of hydrogen-bond donors (Lipinski definition) is 0. The van der Waals surface area contributed by atoms with Crippen LogP contribution in [-0.4, -0.2) is 76.4 Å². The van der Waals surface area contributed by atoms with E-state index in [0.717, 1.165) is 24.0 Å². The van der Waals surface area contributed by atoms with Crippen molar-refractivity contribution in [1.82, 2.24) is 24.2 Å². The molecule has 1 unspecified atom stereocenters. The number of carbonyl (C=O) groups excluding carboxylic acids is 1. The fraction of sp³-hybridized carbons (Fsp3) is 0.560. The number of unbranched alkanes of at least 4 members (excludes halogenated alkanes) is 1. The first kappa shape index (κ1) is 26.5. The lowest BCUT2D eigenvalue weighted by molar-refractivity contribution is -0.134. The molecule has 2 aliphatic heterocycles. The smallest absolute Gasteiger partial charge is 0.241 e. The lowest BCUT2D eigenvalue weighted by Gasteiger charge is -2.26. The maximum atomic E-state index is 13.3. The molecule has 2 saturated heterocycles. The summed E-state index contributed by atoms with van der Waals surface area (Å²) in [6.45, 7) is 6.04. The number of benzene rings is 1. The highest BCUT2D eigenvalue weighted by Crippen LogP contribution is 2.21. The average molecular weight is 518 g/mol. The first-order valence-corrected chi connectivity index (χ1v) is 14.1. The van der Waals surface area contributed by atoms with Gasteiger partial charge in [-0.3, -0.25) is 9.48 Å². The van der Waals surface area contributed by atoms with Crippen LogP contribution in [0.4, 0.5) is 0 Å². The summed E-state index contributed by atoms with van der Waals surface area (Å²) in [4.78, 5) is 14.8. The van der Waals surface area contributed by atoms with E-state index in [0.29, 0.717) is 31.9 Å². The van der Waals surface area contributed by atoms with E-state index in [1.165, 1.54) is 4.31 Å². The van der Waals surface area contributed by atoms with Crippen molar-refractivity contribution in [2.24, 2.45) is 0 Å². The van der Waals surface area contributed by atoms with Crippen molar-refractivity contribution in [1.29, 1.82) is 0 Å². The van der Waals surface area contributed by atoms with E-state index in [4.69, 9.17) is 9.47 Å². The second-order valence-electron chi connectivity index (χ2n) is 9.16. The van der Waals surface area contributed by atoms with E-state index in [2.05, 4.69) is 29.4 Å². The lowest BCUT2D eigenvalue weighted by Crippen LogP contribution is -2.45. The summed E-state index contributed by atoms with van der Waals surface area (Å²) < 4.78 is 40.1. The second-order valence-corrected chi connectivity index (χ2v) is 11.2. The number of nitrogens with zero attached hydrogens (tertiary/aromatic N) is 5. The number of hydrogen-bond acceptors (Lipinski definition) is 7. The normalized spacial score (nSPS) is 21.4. The summed E-state index contributed by atoms with van der Waals surface area (Å²) in [7, 11) is -3.62. The highest BCUT2D eigenvalue weighted by atomic mass is 32.2. The molecule has 2 fully saturated rings. The molecule has 0 bridgehead atoms. The molecule has 4 rings (SSSR count). The molecule has 2 aliphatic rings. The maximum Gasteiger partial charge on any atom is 0.241 e. The molecule has 1 atom stereocenters. The average Bonchev–Trinajstić information content (AvgIpc) is 3.54. The molecular weight excluding hydrogens is 482 g/mol. The van der Waals surface area contributed by atoms with Gasteiger partial charge in [-0.1, -0.05) is 55.0 Å². The van der Waals surface area contributed by atoms with E-state index >= 15 is 0 Å². The first-order chi connectivity index (χ1) is 17.4. The Labute approximate surface area is 212 Å². The SMILES string of the molecule is CCC/C=C/c1ccc(CN2C(C)C(=O)N(Cc3cn(CCC4OCCO4)nn3)CCS2(=O)=O)cc1. The van der Waals surface area contributed by atoms with Gasteiger partial charge in [0.05, 0.1) is 31.7 Å². The van der Waals surface area contributed by atoms with Crippen LogP contribution in [-0.2, 0) is 43.9 Å². The van der Waals surface area contributed by atoms with E-state index in [-0.39, 0.29) is 37.6 Å². The Kier molecular flexibility index (Phi) is 8.89. The zero-order valence-electron chi connectivity index (χ0n) is 21.0. The van der Waals surface area contributed by atoms with Crippen LogP contribution in [0.3, 0.4) is 0 Å². The highest BCUT2D eigenvalue weighted by molar-refractivity contribution is 7.89. The quantitative estimate of drug-likeness (QED) is 0.476. The Bertz CT molecular complexity index is 1140. The standard InChI is InChI=1S/C25H35N5O5S/c1-3-4-5-6-21-7-9-22(10-8-21)17-30-20(2)25(31)28(13-16-36(30,32)33)18-23-19-29(27-26-23)12-11-24-34-14-15-35-24/h5-10,19-20,24H,3-4,11-18H2,1-2H3/b6-5+. The molecule has 0 N–H and O–H groups in total. The Hall–Kier alpha value is -2.60. The van der Waals surface area contributed by atoms with Gasteiger partial charge >= 0.3 is 0 Å². The first-order valence-electron chi connectivity index (χ1n) is 12.5. The van der Waals surface area contributed by atoms with Gasteiger partial charge in [-0.2, -0.15) is 4.31 Å². The summed E-state index contributed by atoms with van der Waals surface area (Å²) in [5.41, 5.74) is 2.52. The highest BCUT2D eigenvalue weighted by Gasteiger charge is 2.38. The van der Waals surface area contributed by atoms with Gasteiger partial charge in [0.15, 0.2) is 6.29 Å². The fourth-order valence-electron chi connectivity index (χ4n) is 4.30. The number of amides is 1. The van der Waals surface area contributed by atoms with Gasteiger partial charge in [0, 0.05) is 26.1 Å². The Morgan fingerprint density at radius 3 is 2.61 bits per heavy atom. The zero-order chi connectivity index (χ0) is 25.5. The van der Waals surface area contributed by atoms with Crippen molar-refractivity contribution in [3.05, 3.63) is 53.4 Å². The molecule has 0 spiro atoms. The van der Waals surface area contributed by atoms with Crippen LogP contribution in [0.15, 0.2) is 36.5 Å². The minimum absolute atomic E-state index is 0.111. The van der Waals surface area contributed by atoms with Crippen LogP contribution in [0.2, 0.25) is 0 Å². The van der Waals surface area contributed by atoms with Gasteiger partial charge in [-0.25, -0.2) is 8.42 Å². The third kappa shape index (κ3) is 6.78. The molecule has 196 valence electrons. The van der Waals surface area contributed by atoms with Crippen molar-refractivity contribution in [3.63, 3.8) is 0 Å². The van der Waals surface area contributed by atoms with Crippen LogP contribution in [0.1, 0.15) is 49.9 Å². The van der Waals surface area contributed by atoms with E-state index in [1.54, 1.807) is 22.7 Å². The van der Waals surface area contributed by atoms with Crippen molar-refractivity contribution < 1.29 is 22.7 Å². The van der Waals surface area contributed by atoms with Crippen LogP contribution >= 0.6 is 0 Å². The lowest BCUT2D eigenvalue weighted by atomic mass is 10.1. The number of carbonyl (C=O) groups is 1. The molecule has 10 nitrogen and oxygen atoms in total. The molecule has 1 amide bonds. The van der Waals surface area contributed by atoms with Crippen LogP contribution in [0.5, 0.6) is 0 Å². The number of aromatic nitrogens is 3. The fourth-order valence-corrected chi connectivity index (χ4v) is 5.90. The zero-order valence-corrected chi connectivity index (χ0v) is 21.8. The molecule has 1 aromatic carbocycles. The predicted octanol–water partition coefficient (Wildman–Crippen LogP) is 2.42. The minimum atomic E-state index is -3.62. The summed E-state index contributed by atoms with van der Waals surface area (Å²) in [6, 6.07) is 6.97. The van der Waals surface area contributed by atoms with Gasteiger partial charge in [0.2, 0.25) is 15.9 Å². The number of sulfonamides is 1. The summed E-state index contributed by atoms with van der Waals surface area (Å²) >= 11 is 0.